The molecule has 0 saturated carbocycles. The zero-order valence-corrected chi connectivity index (χ0v) is 59.9. The van der Waals surface area contributed by atoms with Crippen molar-refractivity contribution in [3.8, 4) is 113 Å². The molecule has 22 rings (SSSR count). The molecule has 0 amide bonds. The van der Waals surface area contributed by atoms with Gasteiger partial charge in [-0.3, -0.25) is 0 Å². The van der Waals surface area contributed by atoms with Crippen LogP contribution in [0.1, 0.15) is 16.4 Å². The summed E-state index contributed by atoms with van der Waals surface area (Å²) in [6.45, 7) is 0. The van der Waals surface area contributed by atoms with Crippen LogP contribution in [0.3, 0.4) is 0 Å². The standard InChI is InChI=1S/2C52H34N4/c2*1-4-14-35(15-5-1)46-34-47(54-52(53-46)37-16-6-2-7-17-37)36-24-28-41(29-25-36)56-49-23-13-11-21-43(49)45-33-39(27-31-51(45)56)38-26-30-50-44(32-38)42-20-10-12-22-48(42)55(50)40-18-8-3-9-19-40/h2*1-34H/i10D,12D,20D,22D,26D,30D,32D;1D,4D,5D,14D,15D. The average Bonchev–Trinajstić information content (AvgIpc) is 1.54. The number of aromatic nitrogens is 8. The molecule has 0 aliphatic carbocycles. The van der Waals surface area contributed by atoms with Gasteiger partial charge in [-0.2, -0.15) is 0 Å². The Morgan fingerprint density at radius 1 is 0.179 bits per heavy atom. The van der Waals surface area contributed by atoms with Gasteiger partial charge in [0.2, 0.25) is 0 Å². The van der Waals surface area contributed by atoms with Crippen molar-refractivity contribution in [2.45, 2.75) is 0 Å². The Labute approximate surface area is 663 Å². The van der Waals surface area contributed by atoms with Crippen LogP contribution in [0.2, 0.25) is 0 Å². The number of rotatable bonds is 12. The maximum absolute atomic E-state index is 9.71. The molecule has 0 saturated heterocycles. The summed E-state index contributed by atoms with van der Waals surface area (Å²) in [7, 11) is 0. The maximum atomic E-state index is 9.71. The molecule has 8 nitrogen and oxygen atoms in total. The van der Waals surface area contributed by atoms with Gasteiger partial charge in [-0.15, -0.1) is 0 Å². The van der Waals surface area contributed by atoms with E-state index in [0.717, 1.165) is 111 Å². The summed E-state index contributed by atoms with van der Waals surface area (Å²) in [4.78, 5) is 19.6. The Balaban J connectivity index is 0.000000152. The molecule has 16 aromatic carbocycles. The van der Waals surface area contributed by atoms with Gasteiger partial charge in [0.15, 0.2) is 11.6 Å². The number of fused-ring (bicyclic) bond motifs is 12. The first-order valence-electron chi connectivity index (χ1n) is 43.0. The third-order valence-electron chi connectivity index (χ3n) is 21.0. The van der Waals surface area contributed by atoms with Gasteiger partial charge in [-0.25, -0.2) is 19.9 Å². The molecule has 0 aliphatic heterocycles. The van der Waals surface area contributed by atoms with Crippen LogP contribution in [0, 0.1) is 0 Å². The molecule has 0 N–H and O–H groups in total. The molecular weight excluding hydrogens is 1360 g/mol. The Kier molecular flexibility index (Phi) is 13.2. The van der Waals surface area contributed by atoms with Crippen molar-refractivity contribution in [1.29, 1.82) is 0 Å². The molecule has 0 fully saturated rings. The number of hydrogen-bond acceptors (Lipinski definition) is 4. The maximum Gasteiger partial charge on any atom is 0.160 e. The molecule has 6 aromatic heterocycles. The van der Waals surface area contributed by atoms with E-state index in [-0.39, 0.29) is 80.9 Å². The van der Waals surface area contributed by atoms with E-state index in [0.29, 0.717) is 28.6 Å². The van der Waals surface area contributed by atoms with E-state index in [1.165, 1.54) is 21.8 Å². The van der Waals surface area contributed by atoms with Crippen LogP contribution in [0.4, 0.5) is 0 Å². The van der Waals surface area contributed by atoms with Crippen molar-refractivity contribution in [1.82, 2.24) is 38.2 Å². The lowest BCUT2D eigenvalue weighted by atomic mass is 10.0. The first-order chi connectivity index (χ1) is 60.5. The van der Waals surface area contributed by atoms with Gasteiger partial charge in [0, 0.05) is 99.2 Å². The van der Waals surface area contributed by atoms with Crippen molar-refractivity contribution in [3.05, 3.63) is 412 Å². The van der Waals surface area contributed by atoms with Gasteiger partial charge in [0.1, 0.15) is 0 Å². The molecule has 524 valence electrons. The van der Waals surface area contributed by atoms with Crippen LogP contribution >= 0.6 is 0 Å². The average molecular weight is 1440 g/mol. The van der Waals surface area contributed by atoms with Crippen LogP contribution in [0.5, 0.6) is 0 Å². The molecule has 0 spiro atoms. The zero-order chi connectivity index (χ0) is 84.4. The van der Waals surface area contributed by atoms with E-state index >= 15 is 0 Å². The largest absolute Gasteiger partial charge is 0.309 e. The summed E-state index contributed by atoms with van der Waals surface area (Å²) in [6, 6.07) is 110. The molecule has 8 heteroatoms. The van der Waals surface area contributed by atoms with Gasteiger partial charge in [-0.1, -0.05) is 279 Å². The number of hydrogen-bond donors (Lipinski definition) is 0. The fourth-order valence-corrected chi connectivity index (χ4v) is 15.8. The quantitative estimate of drug-likeness (QED) is 0.122. The Bertz CT molecular complexity index is 8020. The predicted molar refractivity (Wildman–Crippen MR) is 465 cm³/mol. The van der Waals surface area contributed by atoms with Crippen molar-refractivity contribution in [3.63, 3.8) is 0 Å². The second kappa shape index (κ2) is 27.6. The van der Waals surface area contributed by atoms with E-state index in [9.17, 15) is 4.11 Å². The third-order valence-corrected chi connectivity index (χ3v) is 21.0. The minimum atomic E-state index is -0.446. The second-order valence-corrected chi connectivity index (χ2v) is 27.6. The highest BCUT2D eigenvalue weighted by Gasteiger charge is 2.21. The van der Waals surface area contributed by atoms with Crippen molar-refractivity contribution in [2.24, 2.45) is 0 Å². The molecule has 0 aliphatic rings. The van der Waals surface area contributed by atoms with E-state index in [2.05, 4.69) is 171 Å². The topological polar surface area (TPSA) is 71.3 Å². The van der Waals surface area contributed by atoms with E-state index < -0.39 is 30.2 Å². The van der Waals surface area contributed by atoms with Gasteiger partial charge >= 0.3 is 0 Å². The summed E-state index contributed by atoms with van der Waals surface area (Å²) in [5, 5.41) is 6.93. The molecular formula is C104H68N8. The monoisotopic (exact) mass is 1440 g/mol. The van der Waals surface area contributed by atoms with Crippen LogP contribution < -0.4 is 0 Å². The smallest absolute Gasteiger partial charge is 0.160 e. The van der Waals surface area contributed by atoms with E-state index in [4.69, 9.17) is 32.3 Å². The minimum absolute atomic E-state index is 0.0342. The van der Waals surface area contributed by atoms with Crippen molar-refractivity contribution in [2.75, 3.05) is 0 Å². The molecule has 22 aromatic rings. The van der Waals surface area contributed by atoms with Crippen molar-refractivity contribution >= 4 is 87.2 Å². The lowest BCUT2D eigenvalue weighted by Gasteiger charge is -2.12. The molecule has 0 atom stereocenters. The Morgan fingerprint density at radius 3 is 0.929 bits per heavy atom. The lowest BCUT2D eigenvalue weighted by molar-refractivity contribution is 1.17. The number of para-hydroxylation sites is 6. The van der Waals surface area contributed by atoms with Gasteiger partial charge < -0.3 is 18.3 Å². The summed E-state index contributed by atoms with van der Waals surface area (Å²) in [6.07, 6.45) is 0. The first kappa shape index (κ1) is 53.6. The third kappa shape index (κ3) is 11.6. The van der Waals surface area contributed by atoms with Gasteiger partial charge in [0.05, 0.1) is 83.4 Å². The van der Waals surface area contributed by atoms with E-state index in [1.54, 1.807) is 34.9 Å². The minimum Gasteiger partial charge on any atom is -0.309 e. The van der Waals surface area contributed by atoms with E-state index in [1.807, 2.05) is 152 Å². The fourth-order valence-electron chi connectivity index (χ4n) is 15.8. The van der Waals surface area contributed by atoms with Crippen LogP contribution in [-0.2, 0) is 0 Å². The highest BCUT2D eigenvalue weighted by molar-refractivity contribution is 6.15. The number of benzene rings is 16. The molecule has 0 bridgehead atoms. The Morgan fingerprint density at radius 2 is 0.491 bits per heavy atom. The predicted octanol–water partition coefficient (Wildman–Crippen LogP) is 26.7. The highest BCUT2D eigenvalue weighted by atomic mass is 15.0. The highest BCUT2D eigenvalue weighted by Crippen LogP contribution is 2.43. The first-order valence-corrected chi connectivity index (χ1v) is 37.0. The van der Waals surface area contributed by atoms with Crippen LogP contribution in [-0.4, -0.2) is 38.2 Å². The SMILES string of the molecule is [2H]c1c([2H])c([2H])c(-c2cc(-c3ccc(-n4c5ccccc5c5cc(-c6ccc7c(c6)c6ccccc6n7-c6ccccc6)ccc54)cc3)nc(-c3ccccc3)n2)c([2H])c1[2H].[2H]c1c([2H])c([2H])c2c(c1[2H])c1c([2H])c(-c3ccc4c(c3)c3ccccc3n4-c3ccc(-c4cc(-c5ccccc5)nc(-c5ccccc5)n4)cc3)c([2H])c([2H])c1n2-c1ccccc1. The van der Waals surface area contributed by atoms with Crippen molar-refractivity contribution < 1.29 is 16.4 Å². The molecule has 0 unspecified atom stereocenters. The summed E-state index contributed by atoms with van der Waals surface area (Å²) < 4.78 is 114. The summed E-state index contributed by atoms with van der Waals surface area (Å²) in [5.41, 5.74) is 20.3. The van der Waals surface area contributed by atoms with Crippen LogP contribution in [0.25, 0.3) is 200 Å². The summed E-state index contributed by atoms with van der Waals surface area (Å²) >= 11 is 0. The summed E-state index contributed by atoms with van der Waals surface area (Å²) in [5.74, 6) is 1.03. The normalized spacial score (nSPS) is 13.1. The van der Waals surface area contributed by atoms with Gasteiger partial charge in [0.25, 0.3) is 0 Å². The molecule has 0 radical (unpaired) electrons. The fraction of sp³-hybridized carbons (Fsp3) is 0. The lowest BCUT2D eigenvalue weighted by Crippen LogP contribution is -1.97. The van der Waals surface area contributed by atoms with Crippen LogP contribution in [0.15, 0.2) is 412 Å². The Hall–Kier alpha value is -15.1. The van der Waals surface area contributed by atoms with Gasteiger partial charge in [-0.05, 0) is 156 Å². The zero-order valence-electron chi connectivity index (χ0n) is 71.9. The second-order valence-electron chi connectivity index (χ2n) is 27.6. The molecule has 6 heterocycles. The number of nitrogens with zero attached hydrogens (tertiary/aromatic N) is 8. The molecule has 112 heavy (non-hydrogen) atoms.